The molecule has 0 fully saturated rings. The van der Waals surface area contributed by atoms with Gasteiger partial charge in [-0.3, -0.25) is 9.59 Å². The van der Waals surface area contributed by atoms with Crippen molar-refractivity contribution < 1.29 is 14.3 Å². The molecule has 0 aliphatic heterocycles. The summed E-state index contributed by atoms with van der Waals surface area (Å²) in [5, 5.41) is 8.97. The molecule has 6 nitrogen and oxygen atoms in total. The first-order valence-corrected chi connectivity index (χ1v) is 12.8. The Hall–Kier alpha value is -3.80. The lowest BCUT2D eigenvalue weighted by Crippen LogP contribution is -2.26. The van der Waals surface area contributed by atoms with E-state index in [0.29, 0.717) is 23.5 Å². The number of carbonyl (C=O) groups is 2. The monoisotopic (exact) mass is 487 g/mol. The van der Waals surface area contributed by atoms with Gasteiger partial charge < -0.3 is 20.7 Å². The molecule has 0 aromatic heterocycles. The zero-order valence-corrected chi connectivity index (χ0v) is 21.3. The van der Waals surface area contributed by atoms with E-state index in [9.17, 15) is 9.59 Å². The van der Waals surface area contributed by atoms with E-state index in [-0.39, 0.29) is 24.4 Å². The summed E-state index contributed by atoms with van der Waals surface area (Å²) < 4.78 is 5.77. The highest BCUT2D eigenvalue weighted by Crippen LogP contribution is 2.17. The number of amides is 2. The highest BCUT2D eigenvalue weighted by atomic mass is 16.5. The number of nitrogens with one attached hydrogen (secondary N) is 3. The Bertz CT molecular complexity index is 1080. The zero-order valence-electron chi connectivity index (χ0n) is 21.3. The standard InChI is InChI=1S/C30H37N3O3/c1-3-4-5-6-10-20-36-28-18-16-26(17-19-28)33-29(34)22-31-27-15-11-14-25(21-27)30(35)32-23(2)24-12-8-7-9-13-24/h7-9,11-19,21,23,31H,3-6,10,20,22H2,1-2H3,(H,32,35)(H,33,34). The predicted octanol–water partition coefficient (Wildman–Crippen LogP) is 6.58. The molecule has 6 heteroatoms. The van der Waals surface area contributed by atoms with Crippen LogP contribution in [0, 0.1) is 0 Å². The molecule has 3 rings (SSSR count). The number of ether oxygens (including phenoxy) is 1. The van der Waals surface area contributed by atoms with Crippen molar-refractivity contribution in [3.05, 3.63) is 90.0 Å². The van der Waals surface area contributed by atoms with Gasteiger partial charge in [-0.1, -0.05) is 69.0 Å². The first-order valence-electron chi connectivity index (χ1n) is 12.8. The third-order valence-corrected chi connectivity index (χ3v) is 5.88. The summed E-state index contributed by atoms with van der Waals surface area (Å²) in [4.78, 5) is 25.1. The Morgan fingerprint density at radius 3 is 2.33 bits per heavy atom. The fourth-order valence-electron chi connectivity index (χ4n) is 3.79. The summed E-state index contributed by atoms with van der Waals surface area (Å²) in [7, 11) is 0. The first kappa shape index (κ1) is 26.8. The van der Waals surface area contributed by atoms with Gasteiger partial charge >= 0.3 is 0 Å². The largest absolute Gasteiger partial charge is 0.494 e. The van der Waals surface area contributed by atoms with Crippen molar-refractivity contribution in [3.63, 3.8) is 0 Å². The van der Waals surface area contributed by atoms with E-state index in [2.05, 4.69) is 22.9 Å². The minimum atomic E-state index is -0.174. The predicted molar refractivity (Wildman–Crippen MR) is 147 cm³/mol. The van der Waals surface area contributed by atoms with E-state index in [1.807, 2.05) is 67.6 Å². The fourth-order valence-corrected chi connectivity index (χ4v) is 3.79. The van der Waals surface area contributed by atoms with Crippen LogP contribution in [0.3, 0.4) is 0 Å². The van der Waals surface area contributed by atoms with Crippen molar-refractivity contribution in [2.45, 2.75) is 52.0 Å². The summed E-state index contributed by atoms with van der Waals surface area (Å²) >= 11 is 0. The lowest BCUT2D eigenvalue weighted by molar-refractivity contribution is -0.114. The average molecular weight is 488 g/mol. The topological polar surface area (TPSA) is 79.5 Å². The molecule has 0 saturated heterocycles. The van der Waals surface area contributed by atoms with E-state index < -0.39 is 0 Å². The highest BCUT2D eigenvalue weighted by Gasteiger charge is 2.12. The van der Waals surface area contributed by atoms with Gasteiger partial charge in [0.1, 0.15) is 5.75 Å². The molecule has 0 spiro atoms. The van der Waals surface area contributed by atoms with Crippen molar-refractivity contribution in [2.24, 2.45) is 0 Å². The van der Waals surface area contributed by atoms with Gasteiger partial charge in [0.15, 0.2) is 0 Å². The second-order valence-corrected chi connectivity index (χ2v) is 8.88. The van der Waals surface area contributed by atoms with Crippen molar-refractivity contribution in [1.82, 2.24) is 5.32 Å². The molecule has 1 unspecified atom stereocenters. The number of unbranched alkanes of at least 4 members (excludes halogenated alkanes) is 4. The van der Waals surface area contributed by atoms with E-state index in [1.54, 1.807) is 18.2 Å². The highest BCUT2D eigenvalue weighted by molar-refractivity contribution is 5.96. The van der Waals surface area contributed by atoms with Crippen LogP contribution in [0.15, 0.2) is 78.9 Å². The summed E-state index contributed by atoms with van der Waals surface area (Å²) in [5.41, 5.74) is 2.98. The minimum Gasteiger partial charge on any atom is -0.494 e. The molecule has 2 amide bonds. The van der Waals surface area contributed by atoms with Crippen molar-refractivity contribution >= 4 is 23.2 Å². The number of carbonyl (C=O) groups excluding carboxylic acids is 2. The average Bonchev–Trinajstić information content (AvgIpc) is 2.91. The molecule has 190 valence electrons. The molecule has 0 heterocycles. The SMILES string of the molecule is CCCCCCCOc1ccc(NC(=O)CNc2cccc(C(=O)NC(C)c3ccccc3)c2)cc1. The molecule has 0 saturated carbocycles. The zero-order chi connectivity index (χ0) is 25.6. The molecule has 0 aliphatic carbocycles. The smallest absolute Gasteiger partial charge is 0.251 e. The number of hydrogen-bond acceptors (Lipinski definition) is 4. The van der Waals surface area contributed by atoms with Crippen LogP contribution in [0.2, 0.25) is 0 Å². The molecular formula is C30H37N3O3. The van der Waals surface area contributed by atoms with Crippen LogP contribution < -0.4 is 20.7 Å². The van der Waals surface area contributed by atoms with Crippen LogP contribution in [0.1, 0.15) is 67.9 Å². The van der Waals surface area contributed by atoms with Crippen LogP contribution in [0.25, 0.3) is 0 Å². The van der Waals surface area contributed by atoms with Gasteiger partial charge in [-0.05, 0) is 61.4 Å². The number of benzene rings is 3. The summed E-state index contributed by atoms with van der Waals surface area (Å²) in [6.45, 7) is 4.95. The lowest BCUT2D eigenvalue weighted by atomic mass is 10.1. The molecule has 36 heavy (non-hydrogen) atoms. The second-order valence-electron chi connectivity index (χ2n) is 8.88. The van der Waals surface area contributed by atoms with Gasteiger partial charge in [0, 0.05) is 16.9 Å². The summed E-state index contributed by atoms with van der Waals surface area (Å²) in [5.74, 6) is 0.466. The third-order valence-electron chi connectivity index (χ3n) is 5.88. The molecule has 1 atom stereocenters. The molecule has 0 aliphatic rings. The Labute approximate surface area is 214 Å². The van der Waals surface area contributed by atoms with Crippen LogP contribution in [-0.4, -0.2) is 25.0 Å². The van der Waals surface area contributed by atoms with E-state index in [0.717, 1.165) is 17.7 Å². The maximum atomic E-state index is 12.7. The Morgan fingerprint density at radius 2 is 1.58 bits per heavy atom. The maximum Gasteiger partial charge on any atom is 0.251 e. The van der Waals surface area contributed by atoms with Crippen molar-refractivity contribution in [3.8, 4) is 5.75 Å². The Morgan fingerprint density at radius 1 is 0.833 bits per heavy atom. The minimum absolute atomic E-state index is 0.0848. The van der Waals surface area contributed by atoms with E-state index in [4.69, 9.17) is 4.74 Å². The van der Waals surface area contributed by atoms with Crippen LogP contribution >= 0.6 is 0 Å². The molecule has 3 aromatic rings. The van der Waals surface area contributed by atoms with Gasteiger partial charge in [-0.15, -0.1) is 0 Å². The normalized spacial score (nSPS) is 11.4. The fraction of sp³-hybridized carbons (Fsp3) is 0.333. The molecule has 3 aromatic carbocycles. The lowest BCUT2D eigenvalue weighted by Gasteiger charge is -2.15. The van der Waals surface area contributed by atoms with Gasteiger partial charge in [-0.2, -0.15) is 0 Å². The van der Waals surface area contributed by atoms with Gasteiger partial charge in [0.25, 0.3) is 5.91 Å². The Balaban J connectivity index is 1.42. The van der Waals surface area contributed by atoms with E-state index in [1.165, 1.54) is 25.7 Å². The van der Waals surface area contributed by atoms with E-state index >= 15 is 0 Å². The number of rotatable bonds is 14. The third kappa shape index (κ3) is 9.10. The molecule has 3 N–H and O–H groups in total. The van der Waals surface area contributed by atoms with Gasteiger partial charge in [0.2, 0.25) is 5.91 Å². The van der Waals surface area contributed by atoms with Gasteiger partial charge in [0.05, 0.1) is 19.2 Å². The van der Waals surface area contributed by atoms with Crippen LogP contribution in [0.4, 0.5) is 11.4 Å². The Kier molecular flexibility index (Phi) is 10.8. The number of anilines is 2. The van der Waals surface area contributed by atoms with Crippen LogP contribution in [0.5, 0.6) is 5.75 Å². The van der Waals surface area contributed by atoms with Crippen LogP contribution in [-0.2, 0) is 4.79 Å². The second kappa shape index (κ2) is 14.6. The first-order chi connectivity index (χ1) is 17.5. The number of hydrogen-bond donors (Lipinski definition) is 3. The maximum absolute atomic E-state index is 12.7. The van der Waals surface area contributed by atoms with Gasteiger partial charge in [-0.25, -0.2) is 0 Å². The quantitative estimate of drug-likeness (QED) is 0.225. The summed E-state index contributed by atoms with van der Waals surface area (Å²) in [6, 6.07) is 24.3. The summed E-state index contributed by atoms with van der Waals surface area (Å²) in [6.07, 6.45) is 6.01. The van der Waals surface area contributed by atoms with Crippen molar-refractivity contribution in [2.75, 3.05) is 23.8 Å². The van der Waals surface area contributed by atoms with Crippen molar-refractivity contribution in [1.29, 1.82) is 0 Å². The molecule has 0 radical (unpaired) electrons. The molecule has 0 bridgehead atoms. The molecular weight excluding hydrogens is 450 g/mol.